The first-order valence-electron chi connectivity index (χ1n) is 17.0. The number of anilines is 2. The van der Waals surface area contributed by atoms with Crippen LogP contribution in [0, 0.1) is 0 Å². The second-order valence-electron chi connectivity index (χ2n) is 12.7. The van der Waals surface area contributed by atoms with Gasteiger partial charge in [0.15, 0.2) is 5.13 Å². The molecule has 4 aromatic carbocycles. The van der Waals surface area contributed by atoms with Gasteiger partial charge in [0, 0.05) is 45.1 Å². The average Bonchev–Trinajstić information content (AvgIpc) is 3.88. The number of fused-ring (bicyclic) bond motifs is 2. The number of rotatable bonds is 5. The highest BCUT2D eigenvalue weighted by molar-refractivity contribution is 9.11. The highest BCUT2D eigenvalue weighted by Gasteiger charge is 2.33. The molecule has 9 nitrogen and oxygen atoms in total. The standard InChI is InChI=1S/C18H14BrF3N4O2S2.C17H14BrF3.C2H3N3S/c19-16-8-12(18(20,21)22)4-5-15(16)14-3-1-2-11-9-26(7-6-13(11)14)30(27,28)25-17-23-10-24-29-17;18-16-10-12(17(19,20)21)8-9-15(16)14-7-3-5-11-4-1-2-6-13(11)14;3-2-4-1-5-6-2/h1-5,8,10H,6-7,9H2,(H,23,24,25);3,5,7-10H,1-2,4,6H2;1H,(H2,3,4,5). The van der Waals surface area contributed by atoms with Gasteiger partial charge in [-0.3, -0.25) is 0 Å². The van der Waals surface area contributed by atoms with Crippen LogP contribution in [0.1, 0.15) is 46.2 Å². The number of benzene rings is 4. The molecule has 3 N–H and O–H groups in total. The molecule has 0 saturated carbocycles. The van der Waals surface area contributed by atoms with E-state index in [0.29, 0.717) is 26.1 Å². The second-order valence-corrected chi connectivity index (χ2v) is 17.7. The molecule has 6 aromatic rings. The van der Waals surface area contributed by atoms with Gasteiger partial charge in [-0.05, 0) is 101 Å². The van der Waals surface area contributed by atoms with Crippen LogP contribution in [0.15, 0.2) is 94.4 Å². The first-order chi connectivity index (χ1) is 27.0. The Balaban J connectivity index is 0.000000175. The number of hydrogen-bond donors (Lipinski definition) is 2. The molecule has 3 heterocycles. The van der Waals surface area contributed by atoms with Crippen LogP contribution in [0.25, 0.3) is 22.3 Å². The summed E-state index contributed by atoms with van der Waals surface area (Å²) in [6, 6.07) is 19.0. The molecule has 0 spiro atoms. The summed E-state index contributed by atoms with van der Waals surface area (Å²) < 4.78 is 114. The normalized spacial score (nSPS) is 14.3. The zero-order valence-electron chi connectivity index (χ0n) is 29.4. The largest absolute Gasteiger partial charge is 0.416 e. The molecule has 0 fully saturated rings. The Morgan fingerprint density at radius 2 is 1.23 bits per heavy atom. The lowest BCUT2D eigenvalue weighted by Crippen LogP contribution is -2.39. The van der Waals surface area contributed by atoms with E-state index in [0.717, 1.165) is 82.9 Å². The molecule has 20 heteroatoms. The lowest BCUT2D eigenvalue weighted by Gasteiger charge is -2.29. The highest BCUT2D eigenvalue weighted by atomic mass is 79.9. The maximum Gasteiger partial charge on any atom is 0.416 e. The van der Waals surface area contributed by atoms with Crippen LogP contribution < -0.4 is 10.5 Å². The molecule has 0 saturated heterocycles. The van der Waals surface area contributed by atoms with E-state index >= 15 is 0 Å². The van der Waals surface area contributed by atoms with Gasteiger partial charge in [0.1, 0.15) is 12.7 Å². The van der Waals surface area contributed by atoms with Gasteiger partial charge in [-0.1, -0.05) is 80.4 Å². The Hall–Kier alpha value is -3.95. The third-order valence-electron chi connectivity index (χ3n) is 9.10. The molecule has 2 aliphatic rings. The zero-order chi connectivity index (χ0) is 41.0. The molecule has 0 bridgehead atoms. The van der Waals surface area contributed by atoms with Crippen molar-refractivity contribution < 1.29 is 34.8 Å². The molecule has 0 atom stereocenters. The molecule has 2 aromatic heterocycles. The van der Waals surface area contributed by atoms with Gasteiger partial charge in [-0.15, -0.1) is 0 Å². The lowest BCUT2D eigenvalue weighted by molar-refractivity contribution is -0.138. The predicted octanol–water partition coefficient (Wildman–Crippen LogP) is 10.8. The number of hydrogen-bond acceptors (Lipinski definition) is 9. The van der Waals surface area contributed by atoms with Crippen LogP contribution >= 0.6 is 54.9 Å². The van der Waals surface area contributed by atoms with Gasteiger partial charge >= 0.3 is 22.6 Å². The minimum atomic E-state index is -4.42. The molecule has 1 aliphatic heterocycles. The first kappa shape index (κ1) is 42.7. The van der Waals surface area contributed by atoms with Gasteiger partial charge in [0.25, 0.3) is 0 Å². The fourth-order valence-electron chi connectivity index (χ4n) is 6.47. The van der Waals surface area contributed by atoms with E-state index in [1.165, 1.54) is 52.1 Å². The van der Waals surface area contributed by atoms with Crippen molar-refractivity contribution in [3.63, 3.8) is 0 Å². The topological polar surface area (TPSA) is 127 Å². The third kappa shape index (κ3) is 10.6. The van der Waals surface area contributed by atoms with Crippen molar-refractivity contribution >= 4 is 75.4 Å². The number of nitrogen functional groups attached to an aromatic ring is 1. The van der Waals surface area contributed by atoms with Crippen LogP contribution in [-0.2, 0) is 48.4 Å². The van der Waals surface area contributed by atoms with E-state index in [2.05, 4.69) is 61.4 Å². The number of nitrogens with one attached hydrogen (secondary N) is 1. The van der Waals surface area contributed by atoms with E-state index in [1.807, 2.05) is 24.3 Å². The lowest BCUT2D eigenvalue weighted by atomic mass is 9.86. The van der Waals surface area contributed by atoms with Crippen molar-refractivity contribution in [2.24, 2.45) is 0 Å². The van der Waals surface area contributed by atoms with E-state index in [-0.39, 0.29) is 18.2 Å². The van der Waals surface area contributed by atoms with Crippen LogP contribution in [0.5, 0.6) is 0 Å². The number of aromatic nitrogens is 4. The maximum atomic E-state index is 13.0. The monoisotopic (exact) mass is 973 g/mol. The maximum absolute atomic E-state index is 13.0. The SMILES string of the molecule is FC(F)(F)c1ccc(-c2cccc3c2CCCC3)c(Br)c1.Nc1ncns1.O=S(=O)(Nc1ncns1)N1CCc2c(cccc2-c2ccc(C(F)(F)F)cc2Br)C1. The third-order valence-corrected chi connectivity index (χ3v) is 13.1. The Bertz CT molecular complexity index is 2430. The summed E-state index contributed by atoms with van der Waals surface area (Å²) in [6.45, 7) is 0.381. The second kappa shape index (κ2) is 17.9. The van der Waals surface area contributed by atoms with Crippen molar-refractivity contribution in [2.75, 3.05) is 17.0 Å². The number of nitrogens with two attached hydrogens (primary N) is 1. The predicted molar refractivity (Wildman–Crippen MR) is 217 cm³/mol. The van der Waals surface area contributed by atoms with Crippen LogP contribution in [0.3, 0.4) is 0 Å². The summed E-state index contributed by atoms with van der Waals surface area (Å²) in [7, 11) is -3.80. The molecular weight excluding hydrogens is 944 g/mol. The fourth-order valence-corrected chi connectivity index (χ4v) is 9.75. The van der Waals surface area contributed by atoms with Crippen molar-refractivity contribution in [1.29, 1.82) is 0 Å². The number of halogens is 8. The Labute approximate surface area is 349 Å². The molecule has 0 amide bonds. The smallest absolute Gasteiger partial charge is 0.374 e. The van der Waals surface area contributed by atoms with Crippen molar-refractivity contribution in [3.05, 3.63) is 128 Å². The average molecular weight is 976 g/mol. The molecule has 57 heavy (non-hydrogen) atoms. The molecule has 0 radical (unpaired) electrons. The van der Waals surface area contributed by atoms with E-state index in [4.69, 9.17) is 5.73 Å². The molecule has 8 rings (SSSR count). The number of aryl methyl sites for hydroxylation is 1. The summed E-state index contributed by atoms with van der Waals surface area (Å²) in [6.07, 6.45) is -1.23. The van der Waals surface area contributed by atoms with Crippen molar-refractivity contribution in [3.8, 4) is 22.3 Å². The minimum absolute atomic E-state index is 0.148. The summed E-state index contributed by atoms with van der Waals surface area (Å²) in [5.41, 5.74) is 11.4. The van der Waals surface area contributed by atoms with E-state index < -0.39 is 33.7 Å². The number of nitrogens with zero attached hydrogens (tertiary/aromatic N) is 5. The first-order valence-corrected chi connectivity index (χ1v) is 21.6. The molecule has 300 valence electrons. The molecule has 0 unspecified atom stereocenters. The molecular formula is C37H31Br2F6N7O2S3. The Morgan fingerprint density at radius 3 is 1.72 bits per heavy atom. The van der Waals surface area contributed by atoms with Crippen molar-refractivity contribution in [1.82, 2.24) is 23.0 Å². The van der Waals surface area contributed by atoms with Crippen LogP contribution in [0.4, 0.5) is 36.6 Å². The van der Waals surface area contributed by atoms with Crippen LogP contribution in [0.2, 0.25) is 0 Å². The van der Waals surface area contributed by atoms with Gasteiger partial charge in [0.05, 0.1) is 11.1 Å². The van der Waals surface area contributed by atoms with Gasteiger partial charge in [-0.2, -0.15) is 47.8 Å². The fraction of sp³-hybridized carbons (Fsp3) is 0.243. The Kier molecular flexibility index (Phi) is 13.4. The summed E-state index contributed by atoms with van der Waals surface area (Å²) >= 11 is 8.69. The van der Waals surface area contributed by atoms with Gasteiger partial charge < -0.3 is 5.73 Å². The Morgan fingerprint density at radius 1 is 0.684 bits per heavy atom. The van der Waals surface area contributed by atoms with Gasteiger partial charge in [0.2, 0.25) is 5.13 Å². The quantitative estimate of drug-likeness (QED) is 0.165. The summed E-state index contributed by atoms with van der Waals surface area (Å²) in [5.74, 6) is 0. The highest BCUT2D eigenvalue weighted by Crippen LogP contribution is 2.40. The molecule has 1 aliphatic carbocycles. The van der Waals surface area contributed by atoms with E-state index in [9.17, 15) is 34.8 Å². The summed E-state index contributed by atoms with van der Waals surface area (Å²) in [4.78, 5) is 7.44. The van der Waals surface area contributed by atoms with Crippen molar-refractivity contribution in [2.45, 2.75) is 51.0 Å². The van der Waals surface area contributed by atoms with E-state index in [1.54, 1.807) is 12.1 Å². The van der Waals surface area contributed by atoms with Crippen LogP contribution in [-0.4, -0.2) is 38.0 Å². The zero-order valence-corrected chi connectivity index (χ0v) is 35.0. The minimum Gasteiger partial charge on any atom is -0.374 e. The summed E-state index contributed by atoms with van der Waals surface area (Å²) in [5, 5.41) is 0.707. The van der Waals surface area contributed by atoms with Gasteiger partial charge in [-0.25, -0.2) is 14.7 Å². The number of alkyl halides is 6.